The molecule has 0 atom stereocenters. The van der Waals surface area contributed by atoms with Crippen LogP contribution in [-0.2, 0) is 60.7 Å². The van der Waals surface area contributed by atoms with E-state index < -0.39 is 159 Å². The summed E-state index contributed by atoms with van der Waals surface area (Å²) in [5, 5.41) is 28.3. The summed E-state index contributed by atoms with van der Waals surface area (Å²) in [6.45, 7) is 0.00198. The van der Waals surface area contributed by atoms with Crippen LogP contribution in [-0.4, -0.2) is 133 Å². The molecule has 0 fully saturated rings. The quantitative estimate of drug-likeness (QED) is 0.0200. The predicted molar refractivity (Wildman–Crippen MR) is 302 cm³/mol. The molecule has 0 bridgehead atoms. The number of benzene rings is 6. The van der Waals surface area contributed by atoms with Crippen molar-refractivity contribution in [3.8, 4) is 0 Å². The Balaban J connectivity index is 0.0000115. The zero-order chi connectivity index (χ0) is 65.3. The van der Waals surface area contributed by atoms with Gasteiger partial charge in [-0.2, -0.15) is 89.2 Å². The number of azo groups is 2. The third-order valence-corrected chi connectivity index (χ3v) is 16.5. The number of primary amides is 2. The molecule has 0 aliphatic heterocycles. The monoisotopic (exact) mass is 1380 g/mol. The van der Waals surface area contributed by atoms with Crippen LogP contribution in [0.3, 0.4) is 0 Å². The summed E-state index contributed by atoms with van der Waals surface area (Å²) in [6, 6.07) is 9.24. The van der Waals surface area contributed by atoms with Gasteiger partial charge in [0.25, 0.3) is 60.7 Å². The Labute approximate surface area is 525 Å². The smallest absolute Gasteiger partial charge is 0.354 e. The van der Waals surface area contributed by atoms with E-state index in [0.717, 1.165) is 24.3 Å². The Morgan fingerprint density at radius 3 is 1.08 bits per heavy atom. The fourth-order valence-electron chi connectivity index (χ4n) is 7.73. The van der Waals surface area contributed by atoms with Crippen LogP contribution in [0.4, 0.5) is 87.7 Å². The minimum Gasteiger partial charge on any atom is -0.354 e. The van der Waals surface area contributed by atoms with Crippen LogP contribution in [0.2, 0.25) is 0 Å². The molecule has 6 aromatic carbocycles. The summed E-state index contributed by atoms with van der Waals surface area (Å²) in [4.78, 5) is 39.9. The summed E-state index contributed by atoms with van der Waals surface area (Å²) in [6.07, 6.45) is -2.43. The normalized spacial score (nSPS) is 12.4. The van der Waals surface area contributed by atoms with Crippen LogP contribution in [0.5, 0.6) is 0 Å². The number of carbonyl (C=O) groups excluding carboxylic acids is 2. The summed E-state index contributed by atoms with van der Waals surface area (Å²) >= 11 is 0. The van der Waals surface area contributed by atoms with Gasteiger partial charge < -0.3 is 43.4 Å². The van der Waals surface area contributed by atoms with E-state index in [9.17, 15) is 96.2 Å². The number of amides is 4. The van der Waals surface area contributed by atoms with E-state index in [1.807, 2.05) is 0 Å². The molecule has 0 saturated heterocycles. The number of halogens is 2. The first-order chi connectivity index (χ1) is 41.3. The molecule has 2 aromatic heterocycles. The molecule has 2 heterocycles. The molecule has 0 aliphatic carbocycles. The maximum absolute atomic E-state index is 14.7. The summed E-state index contributed by atoms with van der Waals surface area (Å²) in [5.74, 6) is -1.49. The van der Waals surface area contributed by atoms with E-state index in [2.05, 4.69) is 82.3 Å². The topological polar surface area (TPSA) is 611 Å². The van der Waals surface area contributed by atoms with Crippen molar-refractivity contribution >= 4 is 164 Å². The van der Waals surface area contributed by atoms with Gasteiger partial charge in [-0.1, -0.05) is 0 Å². The zero-order valence-electron chi connectivity index (χ0n) is 44.4. The van der Waals surface area contributed by atoms with Crippen LogP contribution < -0.4 is 72.9 Å². The average Bonchev–Trinajstić information content (AvgIpc) is 0.927. The number of nitrogens with one attached hydrogen (secondary N) is 6. The minimum absolute atomic E-state index is 0. The SMILES string of the molecule is NC(=O)Nc1cc(Nc2nc(F)nc(NCCCNc3nc(F)nc(Nc4ccc(N=Nc5cc6c(S(=O)(=O)O)cc(S(=O)(=O)O)cc6cc5S(=O)(=O)O)c(NC(N)=O)c4)n3)n2)ccc1N=Nc1cc2c(S(=O)(=O)O)cc(S(=O)(=O)O)cc2cc1S(=O)(=O)O.[Na+]. The van der Waals surface area contributed by atoms with E-state index in [1.165, 1.54) is 12.1 Å². The number of aromatic nitrogens is 6. The second-order valence-corrected chi connectivity index (χ2v) is 26.0. The second kappa shape index (κ2) is 26.3. The van der Waals surface area contributed by atoms with Crippen LogP contribution in [0.1, 0.15) is 6.42 Å². The molecule has 90 heavy (non-hydrogen) atoms. The van der Waals surface area contributed by atoms with Gasteiger partial charge in [0, 0.05) is 35.2 Å². The van der Waals surface area contributed by atoms with Crippen molar-refractivity contribution in [2.45, 2.75) is 35.8 Å². The standard InChI is InChI=1S/C43H36F2N18O20S6.Na/c44-36-54-40(58-42(56-36)50-20-2-4-26(28(12-20)52-38(46)64)60-62-30-16-24-18(10-34(30)88(78,79)80)8-22(84(66,67)68)14-32(24)86(72,73)74)48-6-1-7-49-41-55-37(45)57-43(59-41)51-21-3-5-27(29(13-21)53-39(47)65)61-63-31-17-25-19(11-35(31)89(81,82)83)9-23(85(69,70)71)15-33(25)87(75,76)77;/h2-5,8-17H,1,6-7H2,(H3,46,52,64)(H3,47,53,65)(H,66,67,68)(H,69,70,71)(H,72,73,74)(H,75,76,77)(H,78,79,80)(H,81,82,83)(H2,48,50,54,56,58)(H2,49,51,55,57,59);/q;+1. The number of nitrogens with zero attached hydrogens (tertiary/aromatic N) is 10. The molecule has 0 aliphatic rings. The number of urea groups is 2. The molecular formula is C43H36F2N18NaO20S6+. The van der Waals surface area contributed by atoms with Crippen molar-refractivity contribution < 1.29 is 126 Å². The first kappa shape index (κ1) is 68.6. The van der Waals surface area contributed by atoms with E-state index >= 15 is 0 Å². The number of fused-ring (bicyclic) bond motifs is 2. The maximum atomic E-state index is 14.7. The average molecular weight is 1380 g/mol. The van der Waals surface area contributed by atoms with Crippen molar-refractivity contribution in [2.24, 2.45) is 31.9 Å². The molecular weight excluding hydrogens is 1340 g/mol. The number of rotatable bonds is 22. The Morgan fingerprint density at radius 1 is 0.422 bits per heavy atom. The second-order valence-electron chi connectivity index (χ2n) is 17.6. The van der Waals surface area contributed by atoms with Gasteiger partial charge in [-0.15, -0.1) is 20.5 Å². The molecule has 8 aromatic rings. The molecule has 47 heteroatoms. The number of carbonyl (C=O) groups is 2. The molecule has 4 amide bonds. The Bertz CT molecular complexity index is 4770. The van der Waals surface area contributed by atoms with E-state index in [1.54, 1.807) is 0 Å². The number of nitrogens with two attached hydrogens (primary N) is 2. The van der Waals surface area contributed by atoms with Crippen molar-refractivity contribution in [1.82, 2.24) is 29.9 Å². The van der Waals surface area contributed by atoms with Crippen molar-refractivity contribution in [3.63, 3.8) is 0 Å². The fourth-order valence-corrected chi connectivity index (χ4v) is 11.7. The van der Waals surface area contributed by atoms with Gasteiger partial charge in [0.2, 0.25) is 23.8 Å². The van der Waals surface area contributed by atoms with Crippen LogP contribution in [0.25, 0.3) is 21.5 Å². The number of hydrogen-bond donors (Lipinski definition) is 14. The molecule has 0 spiro atoms. The summed E-state index contributed by atoms with van der Waals surface area (Å²) in [7, 11) is -31.4. The molecule has 16 N–H and O–H groups in total. The first-order valence-electron chi connectivity index (χ1n) is 23.5. The Hall–Kier alpha value is -8.88. The Morgan fingerprint density at radius 2 is 0.756 bits per heavy atom. The van der Waals surface area contributed by atoms with E-state index in [0.29, 0.717) is 48.5 Å². The molecule has 0 radical (unpaired) electrons. The van der Waals surface area contributed by atoms with E-state index in [4.69, 9.17) is 11.5 Å². The third kappa shape index (κ3) is 17.3. The van der Waals surface area contributed by atoms with Gasteiger partial charge in [-0.3, -0.25) is 27.3 Å². The van der Waals surface area contributed by atoms with Crippen molar-refractivity contribution in [2.75, 3.05) is 45.0 Å². The van der Waals surface area contributed by atoms with Gasteiger partial charge in [0.15, 0.2) is 0 Å². The van der Waals surface area contributed by atoms with E-state index in [-0.39, 0.29) is 95.1 Å². The Kier molecular flexibility index (Phi) is 20.0. The molecule has 0 unspecified atom stereocenters. The minimum atomic E-state index is -5.28. The van der Waals surface area contributed by atoms with Crippen molar-refractivity contribution in [1.29, 1.82) is 0 Å². The van der Waals surface area contributed by atoms with Gasteiger partial charge >= 0.3 is 53.8 Å². The molecule has 0 saturated carbocycles. The van der Waals surface area contributed by atoms with Gasteiger partial charge in [-0.25, -0.2) is 9.59 Å². The number of hydrogen-bond acceptors (Lipinski definition) is 28. The van der Waals surface area contributed by atoms with Crippen LogP contribution in [0.15, 0.2) is 135 Å². The maximum Gasteiger partial charge on any atom is 1.00 e. The first-order valence-corrected chi connectivity index (χ1v) is 32.1. The van der Waals surface area contributed by atoms with Gasteiger partial charge in [-0.05, 0) is 102 Å². The predicted octanol–water partition coefficient (Wildman–Crippen LogP) is 2.34. The van der Waals surface area contributed by atoms with Gasteiger partial charge in [0.05, 0.1) is 21.2 Å². The largest absolute Gasteiger partial charge is 1.00 e. The van der Waals surface area contributed by atoms with Crippen molar-refractivity contribution in [3.05, 3.63) is 97.1 Å². The molecule has 8 rings (SSSR count). The fraction of sp³-hybridized carbons (Fsp3) is 0.0698. The summed E-state index contributed by atoms with van der Waals surface area (Å²) in [5.41, 5.74) is 7.99. The van der Waals surface area contributed by atoms with Crippen LogP contribution in [0, 0.1) is 12.2 Å². The molecule has 468 valence electrons. The third-order valence-electron chi connectivity index (χ3n) is 11.3. The number of anilines is 8. The van der Waals surface area contributed by atoms with Crippen LogP contribution >= 0.6 is 0 Å². The molecule has 38 nitrogen and oxygen atoms in total. The van der Waals surface area contributed by atoms with Gasteiger partial charge in [0.1, 0.15) is 42.3 Å². The summed E-state index contributed by atoms with van der Waals surface area (Å²) < 4.78 is 234. The zero-order valence-corrected chi connectivity index (χ0v) is 51.3.